The van der Waals surface area contributed by atoms with E-state index in [2.05, 4.69) is 21.2 Å². The van der Waals surface area contributed by atoms with E-state index in [0.717, 1.165) is 11.6 Å². The van der Waals surface area contributed by atoms with Crippen molar-refractivity contribution in [1.82, 2.24) is 0 Å². The van der Waals surface area contributed by atoms with Crippen LogP contribution in [0.4, 0.5) is 18.9 Å². The lowest BCUT2D eigenvalue weighted by Crippen LogP contribution is -2.10. The van der Waals surface area contributed by atoms with E-state index in [9.17, 15) is 13.2 Å². The second kappa shape index (κ2) is 6.06. The van der Waals surface area contributed by atoms with E-state index < -0.39 is 11.7 Å². The van der Waals surface area contributed by atoms with Crippen LogP contribution in [0.2, 0.25) is 5.02 Å². The maximum absolute atomic E-state index is 12.8. The highest BCUT2D eigenvalue weighted by Crippen LogP contribution is 2.34. The number of halogens is 5. The van der Waals surface area contributed by atoms with Gasteiger partial charge in [-0.3, -0.25) is 0 Å². The Morgan fingerprint density at radius 2 is 1.80 bits per heavy atom. The van der Waals surface area contributed by atoms with E-state index >= 15 is 0 Å². The molecular weight excluding hydrogens is 355 g/mol. The van der Waals surface area contributed by atoms with E-state index in [0.29, 0.717) is 9.50 Å². The molecule has 0 heterocycles. The molecule has 0 aliphatic carbocycles. The summed E-state index contributed by atoms with van der Waals surface area (Å²) in [5, 5.41) is 3.36. The molecule has 1 N–H and O–H groups in total. The molecule has 0 fully saturated rings. The zero-order chi connectivity index (χ0) is 14.8. The molecule has 0 saturated heterocycles. The van der Waals surface area contributed by atoms with E-state index in [1.165, 1.54) is 12.1 Å². The molecule has 0 atom stereocenters. The molecule has 0 saturated carbocycles. The largest absolute Gasteiger partial charge is 0.418 e. The number of nitrogens with one attached hydrogen (secondary N) is 1. The lowest BCUT2D eigenvalue weighted by molar-refractivity contribution is -0.136. The fourth-order valence-corrected chi connectivity index (χ4v) is 2.28. The number of anilines is 1. The first kappa shape index (κ1) is 15.2. The quantitative estimate of drug-likeness (QED) is 0.733. The summed E-state index contributed by atoms with van der Waals surface area (Å²) in [6, 6.07) is 10.6. The van der Waals surface area contributed by atoms with Crippen LogP contribution in [-0.2, 0) is 12.7 Å². The number of alkyl halides is 3. The Morgan fingerprint density at radius 3 is 2.45 bits per heavy atom. The Labute approximate surface area is 127 Å². The second-order valence-electron chi connectivity index (χ2n) is 4.15. The van der Waals surface area contributed by atoms with Crippen molar-refractivity contribution in [2.75, 3.05) is 5.32 Å². The summed E-state index contributed by atoms with van der Waals surface area (Å²) in [5.74, 6) is 0. The third-order valence-electron chi connectivity index (χ3n) is 2.70. The van der Waals surface area contributed by atoms with Gasteiger partial charge in [-0.25, -0.2) is 0 Å². The predicted octanol–water partition coefficient (Wildman–Crippen LogP) is 5.73. The highest BCUT2D eigenvalue weighted by Gasteiger charge is 2.32. The van der Waals surface area contributed by atoms with Crippen LogP contribution in [0.15, 0.2) is 46.9 Å². The lowest BCUT2D eigenvalue weighted by atomic mass is 10.1. The van der Waals surface area contributed by atoms with Crippen molar-refractivity contribution in [2.45, 2.75) is 12.7 Å². The lowest BCUT2D eigenvalue weighted by Gasteiger charge is -2.14. The fourth-order valence-electron chi connectivity index (χ4n) is 1.73. The van der Waals surface area contributed by atoms with Crippen LogP contribution in [0.25, 0.3) is 0 Å². The van der Waals surface area contributed by atoms with Gasteiger partial charge in [0.25, 0.3) is 0 Å². The van der Waals surface area contributed by atoms with Crippen LogP contribution in [0.5, 0.6) is 0 Å². The van der Waals surface area contributed by atoms with Gasteiger partial charge in [0.2, 0.25) is 0 Å². The van der Waals surface area contributed by atoms with Crippen molar-refractivity contribution in [1.29, 1.82) is 0 Å². The van der Waals surface area contributed by atoms with Crippen molar-refractivity contribution >= 4 is 33.2 Å². The molecule has 0 spiro atoms. The minimum atomic E-state index is -4.37. The Bertz CT molecular complexity index is 614. The predicted molar refractivity (Wildman–Crippen MR) is 77.9 cm³/mol. The summed E-state index contributed by atoms with van der Waals surface area (Å²) in [7, 11) is 0. The minimum absolute atomic E-state index is 0.0612. The van der Waals surface area contributed by atoms with Crippen LogP contribution in [-0.4, -0.2) is 0 Å². The van der Waals surface area contributed by atoms with Gasteiger partial charge in [-0.05, 0) is 45.8 Å². The van der Waals surface area contributed by atoms with E-state index in [1.807, 2.05) is 0 Å². The van der Waals surface area contributed by atoms with Crippen molar-refractivity contribution in [3.63, 3.8) is 0 Å². The average molecular weight is 365 g/mol. The summed E-state index contributed by atoms with van der Waals surface area (Å²) in [6.07, 6.45) is -4.37. The van der Waals surface area contributed by atoms with Gasteiger partial charge >= 0.3 is 6.18 Å². The van der Waals surface area contributed by atoms with E-state index in [1.54, 1.807) is 24.3 Å². The normalized spacial score (nSPS) is 11.4. The molecule has 2 rings (SSSR count). The molecular formula is C14H10BrClF3N. The number of hydrogen-bond donors (Lipinski definition) is 1. The van der Waals surface area contributed by atoms with Gasteiger partial charge in [0.05, 0.1) is 10.6 Å². The number of hydrogen-bond acceptors (Lipinski definition) is 1. The Balaban J connectivity index is 2.17. The van der Waals surface area contributed by atoms with Crippen LogP contribution in [0.1, 0.15) is 11.1 Å². The van der Waals surface area contributed by atoms with Gasteiger partial charge in [-0.2, -0.15) is 13.2 Å². The maximum Gasteiger partial charge on any atom is 0.418 e. The van der Waals surface area contributed by atoms with Crippen LogP contribution >= 0.6 is 27.5 Å². The van der Waals surface area contributed by atoms with Crippen molar-refractivity contribution in [3.05, 3.63) is 63.1 Å². The highest BCUT2D eigenvalue weighted by molar-refractivity contribution is 9.10. The molecule has 20 heavy (non-hydrogen) atoms. The fraction of sp³-hybridized carbons (Fsp3) is 0.143. The van der Waals surface area contributed by atoms with E-state index in [-0.39, 0.29) is 12.2 Å². The minimum Gasteiger partial charge on any atom is -0.380 e. The molecule has 0 unspecified atom stereocenters. The second-order valence-corrected chi connectivity index (χ2v) is 5.41. The topological polar surface area (TPSA) is 12.0 Å². The zero-order valence-corrected chi connectivity index (χ0v) is 12.5. The van der Waals surface area contributed by atoms with Gasteiger partial charge in [0, 0.05) is 16.7 Å². The van der Waals surface area contributed by atoms with Crippen molar-refractivity contribution < 1.29 is 13.2 Å². The summed E-state index contributed by atoms with van der Waals surface area (Å²) in [6.45, 7) is 0.281. The molecule has 106 valence electrons. The summed E-state index contributed by atoms with van der Waals surface area (Å²) in [4.78, 5) is 0. The molecule has 0 amide bonds. The van der Waals surface area contributed by atoms with Crippen LogP contribution < -0.4 is 5.32 Å². The first-order valence-electron chi connectivity index (χ1n) is 5.72. The van der Waals surface area contributed by atoms with Gasteiger partial charge < -0.3 is 5.32 Å². The summed E-state index contributed by atoms with van der Waals surface area (Å²) in [5.41, 5.74) is 0.220. The molecule has 2 aromatic carbocycles. The molecule has 0 aliphatic heterocycles. The Morgan fingerprint density at radius 1 is 1.10 bits per heavy atom. The first-order valence-corrected chi connectivity index (χ1v) is 6.89. The molecule has 1 nitrogen and oxygen atoms in total. The van der Waals surface area contributed by atoms with Crippen molar-refractivity contribution in [2.24, 2.45) is 0 Å². The maximum atomic E-state index is 12.8. The SMILES string of the molecule is FC(F)(F)c1ccccc1NCc1ccc(Cl)c(Br)c1. The van der Waals surface area contributed by atoms with Gasteiger partial charge in [0.1, 0.15) is 0 Å². The standard InChI is InChI=1S/C14H10BrClF3N/c15-11-7-9(5-6-12(11)16)8-20-13-4-2-1-3-10(13)14(17,18)19/h1-7,20H,8H2. The molecule has 0 bridgehead atoms. The van der Waals surface area contributed by atoms with E-state index in [4.69, 9.17) is 11.6 Å². The first-order chi connectivity index (χ1) is 9.38. The average Bonchev–Trinajstić information content (AvgIpc) is 2.39. The van der Waals surface area contributed by atoms with Crippen molar-refractivity contribution in [3.8, 4) is 0 Å². The van der Waals surface area contributed by atoms with Crippen LogP contribution in [0.3, 0.4) is 0 Å². The monoisotopic (exact) mass is 363 g/mol. The number of rotatable bonds is 3. The van der Waals surface area contributed by atoms with Crippen LogP contribution in [0, 0.1) is 0 Å². The van der Waals surface area contributed by atoms with Gasteiger partial charge in [-0.1, -0.05) is 29.8 Å². The zero-order valence-electron chi connectivity index (χ0n) is 10.1. The Hall–Kier alpha value is -1.20. The van der Waals surface area contributed by atoms with Gasteiger partial charge in [0.15, 0.2) is 0 Å². The third kappa shape index (κ3) is 3.67. The molecule has 0 aliphatic rings. The molecule has 0 aromatic heterocycles. The molecule has 0 radical (unpaired) electrons. The number of benzene rings is 2. The smallest absolute Gasteiger partial charge is 0.380 e. The summed E-state index contributed by atoms with van der Waals surface area (Å²) < 4.78 is 39.2. The summed E-state index contributed by atoms with van der Waals surface area (Å²) >= 11 is 9.15. The number of para-hydroxylation sites is 1. The highest BCUT2D eigenvalue weighted by atomic mass is 79.9. The Kier molecular flexibility index (Phi) is 4.60. The van der Waals surface area contributed by atoms with Gasteiger partial charge in [-0.15, -0.1) is 0 Å². The molecule has 2 aromatic rings. The third-order valence-corrected chi connectivity index (χ3v) is 3.91. The molecule has 6 heteroatoms.